The molecule has 0 fully saturated rings. The first-order valence-electron chi connectivity index (χ1n) is 0.767. The molecular weight excluding hydrogens is 95.5 g/mol. The Morgan fingerprint density at radius 3 is 2.20 bits per heavy atom. The van der Waals surface area contributed by atoms with Gasteiger partial charge < -0.3 is 14.2 Å². The Balaban J connectivity index is 2.85. The molecule has 4 heteroatoms. The molecule has 0 saturated heterocycles. The molecule has 0 aliphatic rings. The van der Waals surface area contributed by atoms with Gasteiger partial charge in [0.05, 0.1) is 0 Å². The first-order chi connectivity index (χ1) is 2.27. The van der Waals surface area contributed by atoms with E-state index in [1.165, 1.54) is 0 Å². The monoisotopic (exact) mass is 95.0 g/mol. The van der Waals surface area contributed by atoms with Crippen molar-refractivity contribution in [2.24, 2.45) is 0 Å². The maximum Gasteiger partial charge on any atom is 0.268 e. The topological polar surface area (TPSA) is 49.4 Å². The summed E-state index contributed by atoms with van der Waals surface area (Å²) < 4.78 is 3.03. The lowest BCUT2D eigenvalue weighted by Gasteiger charge is -1.87. The molecule has 0 spiro atoms. The standard InChI is InChI=1S/CHClO3/c2-5-1(3)4/h(H,3,4)/p-1. The lowest BCUT2D eigenvalue weighted by atomic mass is 11.5. The normalized spacial score (nSPS) is 6.60. The van der Waals surface area contributed by atoms with Gasteiger partial charge in [0.1, 0.15) is 0 Å². The number of carbonyl (C=O) groups excluding carboxylic acids is 1. The van der Waals surface area contributed by atoms with Crippen molar-refractivity contribution in [3.05, 3.63) is 0 Å². The second kappa shape index (κ2) is 1.84. The minimum atomic E-state index is -1.73. The highest BCUT2D eigenvalue weighted by atomic mass is 35.5. The van der Waals surface area contributed by atoms with Crippen LogP contribution in [0.4, 0.5) is 4.79 Å². The Hall–Kier alpha value is -0.440. The molecule has 0 aliphatic carbocycles. The first kappa shape index (κ1) is 4.56. The van der Waals surface area contributed by atoms with E-state index in [1.54, 1.807) is 0 Å². The van der Waals surface area contributed by atoms with Gasteiger partial charge in [-0.3, -0.25) is 0 Å². The highest BCUT2D eigenvalue weighted by Gasteiger charge is 1.66. The van der Waals surface area contributed by atoms with Gasteiger partial charge in [-0.05, 0) is 0 Å². The molecule has 0 N–H and O–H groups in total. The Morgan fingerprint density at radius 2 is 2.20 bits per heavy atom. The van der Waals surface area contributed by atoms with E-state index < -0.39 is 6.16 Å². The molecule has 3 nitrogen and oxygen atoms in total. The van der Waals surface area contributed by atoms with Crippen molar-refractivity contribution in [2.45, 2.75) is 0 Å². The Kier molecular flexibility index (Phi) is 1.68. The van der Waals surface area contributed by atoms with E-state index in [4.69, 9.17) is 9.90 Å². The molecular formula is CClO3-. The van der Waals surface area contributed by atoms with Gasteiger partial charge in [-0.1, -0.05) is 0 Å². The van der Waals surface area contributed by atoms with Crippen LogP contribution in [-0.2, 0) is 4.29 Å². The summed E-state index contributed by atoms with van der Waals surface area (Å²) >= 11 is 4.17. The number of hydrogen-bond donors (Lipinski definition) is 0. The van der Waals surface area contributed by atoms with Crippen LogP contribution in [0, 0.1) is 0 Å². The van der Waals surface area contributed by atoms with E-state index >= 15 is 0 Å². The van der Waals surface area contributed by atoms with Gasteiger partial charge in [-0.2, -0.15) is 0 Å². The number of carbonyl (C=O) groups is 1. The number of hydrogen-bond acceptors (Lipinski definition) is 3. The maximum atomic E-state index is 8.90. The fourth-order valence-electron chi connectivity index (χ4n) is 0. The first-order valence-corrected chi connectivity index (χ1v) is 1.08. The molecule has 0 heterocycles. The molecule has 0 amide bonds. The summed E-state index contributed by atoms with van der Waals surface area (Å²) in [6.45, 7) is 0. The Labute approximate surface area is 33.3 Å². The zero-order valence-electron chi connectivity index (χ0n) is 2.10. The highest BCUT2D eigenvalue weighted by molar-refractivity contribution is 6.11. The lowest BCUT2D eigenvalue weighted by Crippen LogP contribution is -2.19. The van der Waals surface area contributed by atoms with Crippen LogP contribution >= 0.6 is 11.9 Å². The van der Waals surface area contributed by atoms with Gasteiger partial charge in [0, 0.05) is 11.9 Å². The van der Waals surface area contributed by atoms with E-state index in [9.17, 15) is 0 Å². The van der Waals surface area contributed by atoms with Gasteiger partial charge in [0.15, 0.2) is 0 Å². The average molecular weight is 95.5 g/mol. The van der Waals surface area contributed by atoms with Crippen LogP contribution < -0.4 is 5.11 Å². The number of carboxylic acid groups (broad SMARTS) is 1. The number of halogens is 1. The maximum absolute atomic E-state index is 8.90. The molecule has 0 saturated carbocycles. The van der Waals surface area contributed by atoms with Crippen LogP contribution in [-0.4, -0.2) is 6.16 Å². The fraction of sp³-hybridized carbons (Fsp3) is 0. The van der Waals surface area contributed by atoms with Crippen LogP contribution in [0.2, 0.25) is 0 Å². The molecule has 0 unspecified atom stereocenters. The lowest BCUT2D eigenvalue weighted by molar-refractivity contribution is -0.271. The summed E-state index contributed by atoms with van der Waals surface area (Å²) in [6, 6.07) is 0. The third-order valence-electron chi connectivity index (χ3n) is 0.0630. The second-order valence-corrected chi connectivity index (χ2v) is 0.481. The summed E-state index contributed by atoms with van der Waals surface area (Å²) in [6.07, 6.45) is -1.73. The van der Waals surface area contributed by atoms with Crippen molar-refractivity contribution in [1.29, 1.82) is 0 Å². The molecule has 0 aliphatic heterocycles. The van der Waals surface area contributed by atoms with Crippen molar-refractivity contribution in [3.8, 4) is 0 Å². The average Bonchev–Trinajstić information content (AvgIpc) is 1.38. The van der Waals surface area contributed by atoms with Crippen LogP contribution in [0.1, 0.15) is 0 Å². The SMILES string of the molecule is O=C([O-])OCl. The molecule has 0 bridgehead atoms. The van der Waals surface area contributed by atoms with Crippen molar-refractivity contribution in [3.63, 3.8) is 0 Å². The van der Waals surface area contributed by atoms with Crippen molar-refractivity contribution in [1.82, 2.24) is 0 Å². The van der Waals surface area contributed by atoms with Gasteiger partial charge in [0.2, 0.25) is 0 Å². The van der Waals surface area contributed by atoms with E-state index in [0.717, 1.165) is 0 Å². The summed E-state index contributed by atoms with van der Waals surface area (Å²) in [7, 11) is 0. The van der Waals surface area contributed by atoms with Gasteiger partial charge in [-0.15, -0.1) is 0 Å². The van der Waals surface area contributed by atoms with E-state index in [1.807, 2.05) is 0 Å². The van der Waals surface area contributed by atoms with Crippen LogP contribution in [0.15, 0.2) is 0 Å². The summed E-state index contributed by atoms with van der Waals surface area (Å²) in [5.41, 5.74) is 0. The van der Waals surface area contributed by atoms with Crippen molar-refractivity contribution >= 4 is 18.0 Å². The minimum absolute atomic E-state index is 1.73. The van der Waals surface area contributed by atoms with Gasteiger partial charge >= 0.3 is 0 Å². The molecule has 0 atom stereocenters. The molecule has 0 aromatic rings. The van der Waals surface area contributed by atoms with Crippen LogP contribution in [0.5, 0.6) is 0 Å². The zero-order valence-corrected chi connectivity index (χ0v) is 2.86. The van der Waals surface area contributed by atoms with Crippen LogP contribution in [0.3, 0.4) is 0 Å². The molecule has 30 valence electrons. The predicted molar refractivity (Wildman–Crippen MR) is 12.3 cm³/mol. The highest BCUT2D eigenvalue weighted by Crippen LogP contribution is 1.71. The Bertz CT molecular complexity index is 42.2. The minimum Gasteiger partial charge on any atom is -0.446 e. The van der Waals surface area contributed by atoms with E-state index in [2.05, 4.69) is 16.2 Å². The van der Waals surface area contributed by atoms with Crippen LogP contribution in [0.25, 0.3) is 0 Å². The van der Waals surface area contributed by atoms with E-state index in [0.29, 0.717) is 0 Å². The molecule has 0 aromatic heterocycles. The smallest absolute Gasteiger partial charge is 0.268 e. The molecule has 5 heavy (non-hydrogen) atoms. The van der Waals surface area contributed by atoms with Gasteiger partial charge in [-0.25, -0.2) is 0 Å². The zero-order chi connectivity index (χ0) is 4.28. The second-order valence-electron chi connectivity index (χ2n) is 0.327. The molecule has 0 rings (SSSR count). The summed E-state index contributed by atoms with van der Waals surface area (Å²) in [5, 5.41) is 8.90. The summed E-state index contributed by atoms with van der Waals surface area (Å²) in [4.78, 5) is 8.90. The molecule has 0 aromatic carbocycles. The Morgan fingerprint density at radius 1 is 2.00 bits per heavy atom. The largest absolute Gasteiger partial charge is 0.446 e. The predicted octanol–water partition coefficient (Wildman–Crippen LogP) is -0.500. The van der Waals surface area contributed by atoms with Gasteiger partial charge in [0.25, 0.3) is 6.16 Å². The quantitative estimate of drug-likeness (QED) is 0.408. The molecule has 0 radical (unpaired) electrons. The summed E-state index contributed by atoms with van der Waals surface area (Å²) in [5.74, 6) is 0. The fourth-order valence-corrected chi connectivity index (χ4v) is 0. The third-order valence-corrected chi connectivity index (χ3v) is 0.189. The number of rotatable bonds is 0. The third kappa shape index (κ3) is 3.56. The van der Waals surface area contributed by atoms with Crippen molar-refractivity contribution < 1.29 is 14.2 Å². The van der Waals surface area contributed by atoms with Crippen molar-refractivity contribution in [2.75, 3.05) is 0 Å². The van der Waals surface area contributed by atoms with E-state index in [-0.39, 0.29) is 0 Å².